The number of amides is 1. The lowest BCUT2D eigenvalue weighted by molar-refractivity contribution is -0.134. The molecule has 0 saturated heterocycles. The Morgan fingerprint density at radius 2 is 2.22 bits per heavy atom. The van der Waals surface area contributed by atoms with Crippen molar-refractivity contribution in [2.24, 2.45) is 7.05 Å². The van der Waals surface area contributed by atoms with Gasteiger partial charge >= 0.3 is 0 Å². The van der Waals surface area contributed by atoms with Crippen LogP contribution >= 0.6 is 23.2 Å². The van der Waals surface area contributed by atoms with Gasteiger partial charge in [-0.05, 0) is 31.0 Å². The van der Waals surface area contributed by atoms with Crippen LogP contribution in [0.25, 0.3) is 0 Å². The predicted molar refractivity (Wildman–Crippen MR) is 88.7 cm³/mol. The average Bonchev–Trinajstić information content (AvgIpc) is 3.27. The highest BCUT2D eigenvalue weighted by atomic mass is 35.5. The Morgan fingerprint density at radius 3 is 2.83 bits per heavy atom. The fraction of sp³-hybridized carbons (Fsp3) is 0.375. The van der Waals surface area contributed by atoms with E-state index in [1.54, 1.807) is 24.4 Å². The van der Waals surface area contributed by atoms with Crippen molar-refractivity contribution in [2.45, 2.75) is 25.4 Å². The Labute approximate surface area is 144 Å². The molecule has 1 aromatic heterocycles. The molecule has 1 heterocycles. The smallest absolute Gasteiger partial charge is 0.261 e. The van der Waals surface area contributed by atoms with Crippen LogP contribution in [0.2, 0.25) is 10.0 Å². The van der Waals surface area contributed by atoms with Crippen LogP contribution in [0.15, 0.2) is 30.6 Å². The number of carbonyl (C=O) groups is 1. The van der Waals surface area contributed by atoms with Gasteiger partial charge in [0, 0.05) is 30.5 Å². The van der Waals surface area contributed by atoms with Gasteiger partial charge in [0.05, 0.1) is 11.6 Å². The fourth-order valence-electron chi connectivity index (χ4n) is 2.32. The minimum absolute atomic E-state index is 0.0533. The van der Waals surface area contributed by atoms with Crippen LogP contribution in [-0.2, 0) is 18.4 Å². The summed E-state index contributed by atoms with van der Waals surface area (Å²) in [5.74, 6) is 1.24. The maximum absolute atomic E-state index is 12.5. The van der Waals surface area contributed by atoms with Crippen molar-refractivity contribution >= 4 is 29.1 Å². The molecule has 1 aromatic carbocycles. The van der Waals surface area contributed by atoms with E-state index in [-0.39, 0.29) is 18.6 Å². The van der Waals surface area contributed by atoms with Gasteiger partial charge < -0.3 is 14.2 Å². The number of imidazole rings is 1. The van der Waals surface area contributed by atoms with E-state index < -0.39 is 0 Å². The number of benzene rings is 1. The molecule has 122 valence electrons. The molecule has 0 spiro atoms. The first kappa shape index (κ1) is 16.1. The minimum Gasteiger partial charge on any atom is -0.482 e. The number of ether oxygens (including phenoxy) is 1. The zero-order valence-electron chi connectivity index (χ0n) is 12.7. The molecule has 1 amide bonds. The number of nitrogens with zero attached hydrogens (tertiary/aromatic N) is 3. The Kier molecular flexibility index (Phi) is 4.78. The number of aryl methyl sites for hydroxylation is 1. The number of carbonyl (C=O) groups excluding carboxylic acids is 1. The lowest BCUT2D eigenvalue weighted by atomic mass is 10.3. The highest BCUT2D eigenvalue weighted by Crippen LogP contribution is 2.30. The van der Waals surface area contributed by atoms with Gasteiger partial charge in [-0.1, -0.05) is 23.2 Å². The predicted octanol–water partition coefficient (Wildman–Crippen LogP) is 3.30. The first-order valence-electron chi connectivity index (χ1n) is 7.38. The molecule has 1 saturated carbocycles. The molecule has 0 radical (unpaired) electrons. The van der Waals surface area contributed by atoms with Crippen LogP contribution in [0.3, 0.4) is 0 Å². The molecular formula is C16H17Cl2N3O2. The molecule has 3 rings (SSSR count). The van der Waals surface area contributed by atoms with Gasteiger partial charge in [0.25, 0.3) is 5.91 Å². The molecule has 5 nitrogen and oxygen atoms in total. The highest BCUT2D eigenvalue weighted by molar-refractivity contribution is 6.35. The molecule has 0 unspecified atom stereocenters. The molecule has 1 aliphatic carbocycles. The number of halogens is 2. The molecule has 0 N–H and O–H groups in total. The lowest BCUT2D eigenvalue weighted by Crippen LogP contribution is -2.37. The van der Waals surface area contributed by atoms with Gasteiger partial charge in [0.1, 0.15) is 11.6 Å². The third kappa shape index (κ3) is 3.98. The summed E-state index contributed by atoms with van der Waals surface area (Å²) in [6.45, 7) is 0.437. The molecule has 2 aromatic rings. The first-order valence-corrected chi connectivity index (χ1v) is 8.13. The molecule has 23 heavy (non-hydrogen) atoms. The lowest BCUT2D eigenvalue weighted by Gasteiger charge is -2.22. The number of hydrogen-bond donors (Lipinski definition) is 0. The zero-order chi connectivity index (χ0) is 16.4. The minimum atomic E-state index is -0.0680. The summed E-state index contributed by atoms with van der Waals surface area (Å²) in [5, 5.41) is 0.926. The SMILES string of the molecule is Cn1ccnc1CN(C(=O)COc1ccc(Cl)cc1Cl)C1CC1. The van der Waals surface area contributed by atoms with E-state index in [1.165, 1.54) is 0 Å². The highest BCUT2D eigenvalue weighted by Gasteiger charge is 2.33. The van der Waals surface area contributed by atoms with E-state index in [2.05, 4.69) is 4.98 Å². The molecule has 0 atom stereocenters. The van der Waals surface area contributed by atoms with Crippen LogP contribution in [0.1, 0.15) is 18.7 Å². The summed E-state index contributed by atoms with van der Waals surface area (Å²) in [7, 11) is 1.92. The molecular weight excluding hydrogens is 337 g/mol. The van der Waals surface area contributed by atoms with Gasteiger partial charge in [-0.15, -0.1) is 0 Å². The molecule has 0 bridgehead atoms. The quantitative estimate of drug-likeness (QED) is 0.800. The van der Waals surface area contributed by atoms with Crippen molar-refractivity contribution in [3.63, 3.8) is 0 Å². The Bertz CT molecular complexity index is 713. The average molecular weight is 354 g/mol. The maximum Gasteiger partial charge on any atom is 0.261 e. The molecule has 1 fully saturated rings. The van der Waals surface area contributed by atoms with E-state index in [0.717, 1.165) is 18.7 Å². The van der Waals surface area contributed by atoms with Crippen molar-refractivity contribution in [1.82, 2.24) is 14.5 Å². The molecule has 1 aliphatic rings. The van der Waals surface area contributed by atoms with Crippen LogP contribution in [-0.4, -0.2) is 33.0 Å². The fourth-order valence-corrected chi connectivity index (χ4v) is 2.79. The first-order chi connectivity index (χ1) is 11.0. The van der Waals surface area contributed by atoms with Crippen molar-refractivity contribution in [1.29, 1.82) is 0 Å². The van der Waals surface area contributed by atoms with Crippen molar-refractivity contribution < 1.29 is 9.53 Å². The monoisotopic (exact) mass is 353 g/mol. The van der Waals surface area contributed by atoms with Gasteiger partial charge in [-0.25, -0.2) is 4.98 Å². The molecule has 7 heteroatoms. The van der Waals surface area contributed by atoms with E-state index in [1.807, 2.05) is 22.7 Å². The summed E-state index contributed by atoms with van der Waals surface area (Å²) in [4.78, 5) is 18.6. The van der Waals surface area contributed by atoms with E-state index in [0.29, 0.717) is 22.3 Å². The summed E-state index contributed by atoms with van der Waals surface area (Å²) in [5.41, 5.74) is 0. The van der Waals surface area contributed by atoms with Crippen LogP contribution in [0.5, 0.6) is 5.75 Å². The van der Waals surface area contributed by atoms with Gasteiger partial charge in [0.15, 0.2) is 6.61 Å². The van der Waals surface area contributed by atoms with Crippen LogP contribution in [0, 0.1) is 0 Å². The third-order valence-electron chi connectivity index (χ3n) is 3.79. The number of aromatic nitrogens is 2. The Hall–Kier alpha value is -1.72. The summed E-state index contributed by atoms with van der Waals surface area (Å²) in [6.07, 6.45) is 5.65. The Morgan fingerprint density at radius 1 is 1.43 bits per heavy atom. The van der Waals surface area contributed by atoms with Crippen molar-refractivity contribution in [3.05, 3.63) is 46.5 Å². The standard InChI is InChI=1S/C16H17Cl2N3O2/c1-20-7-6-19-15(20)9-21(12-3-4-12)16(22)10-23-14-5-2-11(17)8-13(14)18/h2,5-8,12H,3-4,9-10H2,1H3. The maximum atomic E-state index is 12.5. The van der Waals surface area contributed by atoms with Gasteiger partial charge in [-0.3, -0.25) is 4.79 Å². The summed E-state index contributed by atoms with van der Waals surface area (Å²) < 4.78 is 7.47. The third-order valence-corrected chi connectivity index (χ3v) is 4.32. The van der Waals surface area contributed by atoms with Crippen molar-refractivity contribution in [3.8, 4) is 5.75 Å². The van der Waals surface area contributed by atoms with E-state index in [4.69, 9.17) is 27.9 Å². The van der Waals surface area contributed by atoms with Crippen LogP contribution in [0.4, 0.5) is 0 Å². The number of rotatable bonds is 6. The topological polar surface area (TPSA) is 47.4 Å². The normalized spacial score (nSPS) is 13.9. The second-order valence-corrected chi connectivity index (χ2v) is 6.41. The van der Waals surface area contributed by atoms with E-state index >= 15 is 0 Å². The molecule has 0 aliphatic heterocycles. The second kappa shape index (κ2) is 6.81. The number of hydrogen-bond acceptors (Lipinski definition) is 3. The van der Waals surface area contributed by atoms with Gasteiger partial charge in [0.2, 0.25) is 0 Å². The summed E-state index contributed by atoms with van der Waals surface area (Å²) in [6, 6.07) is 5.22. The van der Waals surface area contributed by atoms with Crippen LogP contribution < -0.4 is 4.74 Å². The zero-order valence-corrected chi connectivity index (χ0v) is 14.2. The largest absolute Gasteiger partial charge is 0.482 e. The van der Waals surface area contributed by atoms with Gasteiger partial charge in [-0.2, -0.15) is 0 Å². The Balaban J connectivity index is 1.64. The second-order valence-electron chi connectivity index (χ2n) is 5.57. The summed E-state index contributed by atoms with van der Waals surface area (Å²) >= 11 is 11.9. The van der Waals surface area contributed by atoms with Crippen molar-refractivity contribution in [2.75, 3.05) is 6.61 Å². The van der Waals surface area contributed by atoms with E-state index in [9.17, 15) is 4.79 Å².